The fourth-order valence-corrected chi connectivity index (χ4v) is 18.4. The van der Waals surface area contributed by atoms with Gasteiger partial charge in [-0.05, 0) is 143 Å². The lowest BCUT2D eigenvalue weighted by Gasteiger charge is -2.29. The number of nitrogens with zero attached hydrogens (tertiary/aromatic N) is 5. The maximum absolute atomic E-state index is 6.92. The molecule has 8 heterocycles. The summed E-state index contributed by atoms with van der Waals surface area (Å²) in [4.78, 5) is 0. The smallest absolute Gasteiger partial charge is 0.160 e. The number of aromatic nitrogens is 5. The minimum atomic E-state index is -0.389. The number of para-hydroxylation sites is 7. The summed E-state index contributed by atoms with van der Waals surface area (Å²) in [5.41, 5.74) is 27.5. The van der Waals surface area contributed by atoms with Crippen molar-refractivity contribution < 1.29 is 4.42 Å². The molecule has 22 rings (SSSR count). The number of hydrogen-bond acceptors (Lipinski definition) is 2. The van der Waals surface area contributed by atoms with Crippen molar-refractivity contribution in [2.75, 3.05) is 0 Å². The van der Waals surface area contributed by atoms with E-state index in [2.05, 4.69) is 321 Å². The van der Waals surface area contributed by atoms with E-state index >= 15 is 0 Å². The molecule has 1 aliphatic rings. The average Bonchev–Trinajstić information content (AvgIpc) is 1.53. The Bertz CT molecular complexity index is 6950. The first-order chi connectivity index (χ1) is 46.4. The van der Waals surface area contributed by atoms with Crippen LogP contribution in [0.5, 0.6) is 0 Å². The number of hydrogen-bond donors (Lipinski definition) is 0. The molecule has 7 aromatic heterocycles. The highest BCUT2D eigenvalue weighted by atomic mass is 32.1. The molecule has 21 aromatic rings. The second kappa shape index (κ2) is 18.2. The van der Waals surface area contributed by atoms with Gasteiger partial charge in [0.1, 0.15) is 5.58 Å². The van der Waals surface area contributed by atoms with Crippen LogP contribution in [0.1, 0.15) is 19.4 Å². The van der Waals surface area contributed by atoms with Gasteiger partial charge in [0.15, 0.2) is 5.58 Å². The van der Waals surface area contributed by atoms with Crippen molar-refractivity contribution in [1.82, 2.24) is 21.9 Å². The average molecular weight is 1220 g/mol. The van der Waals surface area contributed by atoms with E-state index in [4.69, 9.17) is 4.42 Å². The molecule has 0 fully saturated rings. The van der Waals surface area contributed by atoms with Gasteiger partial charge >= 0.3 is 0 Å². The first-order valence-electron chi connectivity index (χ1n) is 32.5. The van der Waals surface area contributed by atoms with E-state index in [-0.39, 0.29) is 5.54 Å². The summed E-state index contributed by atoms with van der Waals surface area (Å²) in [6, 6.07) is 107. The first kappa shape index (κ1) is 50.8. The molecule has 1 aliphatic heterocycles. The zero-order chi connectivity index (χ0) is 61.4. The molecule has 0 unspecified atom stereocenters. The maximum Gasteiger partial charge on any atom is 0.160 e. The first-order valence-corrected chi connectivity index (χ1v) is 33.3. The normalized spacial score (nSPS) is 13.3. The molecule has 0 atom stereocenters. The summed E-state index contributed by atoms with van der Waals surface area (Å²) in [7, 11) is 0. The summed E-state index contributed by atoms with van der Waals surface area (Å²) in [6.07, 6.45) is 0. The number of fused-ring (bicyclic) bond motifs is 22. The third-order valence-electron chi connectivity index (χ3n) is 21.2. The lowest BCUT2D eigenvalue weighted by molar-refractivity contribution is 0.470. The van der Waals surface area contributed by atoms with Crippen LogP contribution in [0, 0.1) is 0 Å². The van der Waals surface area contributed by atoms with E-state index in [0.29, 0.717) is 0 Å². The van der Waals surface area contributed by atoms with E-state index in [1.165, 1.54) is 136 Å². The van der Waals surface area contributed by atoms with Crippen molar-refractivity contribution >= 4 is 153 Å². The Balaban J connectivity index is 0.807. The Morgan fingerprint density at radius 2 is 0.926 bits per heavy atom. The molecule has 0 aliphatic carbocycles. The Morgan fingerprint density at radius 3 is 1.72 bits per heavy atom. The van der Waals surface area contributed by atoms with Crippen LogP contribution in [-0.2, 0) is 5.54 Å². The van der Waals surface area contributed by atoms with Crippen LogP contribution in [-0.4, -0.2) is 21.9 Å². The van der Waals surface area contributed by atoms with E-state index in [1.54, 1.807) is 0 Å². The number of benzene rings is 14. The van der Waals surface area contributed by atoms with Crippen molar-refractivity contribution in [3.8, 4) is 55.9 Å². The minimum absolute atomic E-state index is 0.389. The Hall–Kier alpha value is -11.9. The summed E-state index contributed by atoms with van der Waals surface area (Å²) in [6.45, 7) is 4.82. The van der Waals surface area contributed by atoms with Gasteiger partial charge in [0.2, 0.25) is 0 Å². The zero-order valence-electron chi connectivity index (χ0n) is 51.2. The molecule has 14 aromatic carbocycles. The summed E-state index contributed by atoms with van der Waals surface area (Å²) in [5, 5.41) is 14.6. The molecule has 6 nitrogen and oxygen atoms in total. The molecule has 0 spiro atoms. The highest BCUT2D eigenvalue weighted by Crippen LogP contribution is 2.53. The van der Waals surface area contributed by atoms with Crippen LogP contribution < -0.4 is 0 Å². The van der Waals surface area contributed by atoms with Crippen molar-refractivity contribution in [3.63, 3.8) is 0 Å². The lowest BCUT2D eigenvalue weighted by Crippen LogP contribution is -2.27. The minimum Gasteiger partial charge on any atom is -0.454 e. The van der Waals surface area contributed by atoms with E-state index in [1.807, 2.05) is 11.5 Å². The largest absolute Gasteiger partial charge is 0.454 e. The van der Waals surface area contributed by atoms with Gasteiger partial charge in [-0.3, -0.25) is 3.79 Å². The Morgan fingerprint density at radius 1 is 0.319 bits per heavy atom. The Labute approximate surface area is 541 Å². The fraction of sp³-hybridized carbons (Fsp3) is 0.0345. The van der Waals surface area contributed by atoms with Crippen LogP contribution in [0.2, 0.25) is 0 Å². The van der Waals surface area contributed by atoms with E-state index < -0.39 is 0 Å². The van der Waals surface area contributed by atoms with Crippen LogP contribution in [0.15, 0.2) is 290 Å². The molecular weight excluding hydrogens is 1160 g/mol. The zero-order valence-corrected chi connectivity index (χ0v) is 52.0. The van der Waals surface area contributed by atoms with Gasteiger partial charge in [-0.15, -0.1) is 0 Å². The molecule has 0 bridgehead atoms. The molecule has 0 N–H and O–H groups in total. The van der Waals surface area contributed by atoms with Gasteiger partial charge in [0, 0.05) is 81.4 Å². The molecule has 0 saturated heterocycles. The van der Waals surface area contributed by atoms with Gasteiger partial charge in [-0.25, -0.2) is 0 Å². The summed E-state index contributed by atoms with van der Waals surface area (Å²) < 4.78 is 20.9. The lowest BCUT2D eigenvalue weighted by atomic mass is 9.89. The van der Waals surface area contributed by atoms with E-state index in [9.17, 15) is 0 Å². The highest BCUT2D eigenvalue weighted by molar-refractivity contribution is 7.14. The summed E-state index contributed by atoms with van der Waals surface area (Å²) in [5.74, 6) is 0. The predicted molar refractivity (Wildman–Crippen MR) is 395 cm³/mol. The molecule has 0 radical (unpaired) electrons. The maximum atomic E-state index is 6.92. The standard InChI is InChI=1S/C87H53N5OS/c1-87(2)69-32-20-31-62-58-25-9-15-34-71(58)90(81(62)69)76-44-42-56(79-65-29-11-17-36-73(65)91(87)84(76)79)51-39-43-75-78(48-51)94-92-74-37-18-12-30-66(74)80-67(49-68-60-27-10-16-35-72(60)89(75)82(68)85(80)92)57-24-7-6-23-55(57)53-45-52(50-21-4-3-5-22-50)46-54(47-53)88-70-33-14-8-26-59(70)63-40-41-64-61-28-13-19-38-77(61)93-86(64)83(63)88/h3-49H,1-2H3. The predicted octanol–water partition coefficient (Wildman–Crippen LogP) is 23.8. The third-order valence-corrected chi connectivity index (χ3v) is 22.3. The van der Waals surface area contributed by atoms with Gasteiger partial charge < -0.3 is 22.5 Å². The molecule has 94 heavy (non-hydrogen) atoms. The second-order valence-electron chi connectivity index (χ2n) is 26.3. The number of rotatable bonds is 5. The topological polar surface area (TPSA) is 36.8 Å². The van der Waals surface area contributed by atoms with E-state index in [0.717, 1.165) is 66.3 Å². The monoisotopic (exact) mass is 1220 g/mol. The number of furan rings is 1. The van der Waals surface area contributed by atoms with Crippen molar-refractivity contribution in [3.05, 3.63) is 291 Å². The van der Waals surface area contributed by atoms with Crippen LogP contribution in [0.4, 0.5) is 0 Å². The van der Waals surface area contributed by atoms with Crippen molar-refractivity contribution in [2.45, 2.75) is 19.4 Å². The molecule has 0 amide bonds. The Kier molecular flexibility index (Phi) is 9.83. The van der Waals surface area contributed by atoms with Gasteiger partial charge in [0.25, 0.3) is 0 Å². The van der Waals surface area contributed by atoms with Gasteiger partial charge in [-0.1, -0.05) is 212 Å². The molecule has 0 saturated carbocycles. The fourth-order valence-electron chi connectivity index (χ4n) is 17.3. The molecule has 438 valence electrons. The van der Waals surface area contributed by atoms with Crippen LogP contribution >= 0.6 is 11.5 Å². The third kappa shape index (κ3) is 6.48. The van der Waals surface area contributed by atoms with Crippen molar-refractivity contribution in [1.29, 1.82) is 0 Å². The molecule has 7 heteroatoms. The second-order valence-corrected chi connectivity index (χ2v) is 27.3. The molecular formula is C87H53N5OS. The quantitative estimate of drug-likeness (QED) is 0.169. The summed E-state index contributed by atoms with van der Waals surface area (Å²) >= 11 is 1.85. The van der Waals surface area contributed by atoms with Gasteiger partial charge in [0.05, 0.1) is 71.1 Å². The van der Waals surface area contributed by atoms with Crippen LogP contribution in [0.25, 0.3) is 197 Å². The van der Waals surface area contributed by atoms with Gasteiger partial charge in [-0.2, -0.15) is 0 Å². The highest BCUT2D eigenvalue weighted by Gasteiger charge is 2.36. The van der Waals surface area contributed by atoms with Crippen molar-refractivity contribution in [2.24, 2.45) is 0 Å². The SMILES string of the molecule is CC1(C)c2cccc3c4ccccc4n(c23)-c2ccc(-c3ccc4c(c3)sn3c5ccccc5c5c(-c6ccccc6-c6cc(-c7ccccc7)cc(-n7c8ccccc8c8ccc9c%10ccccc%10oc9c87)c6)cc6c7ccccc7n4c6c53)c3c4ccccc4n1c23. The van der Waals surface area contributed by atoms with Crippen LogP contribution in [0.3, 0.4) is 0 Å².